The molecule has 3 rings (SSSR count). The maximum Gasteiger partial charge on any atom is 0.236 e. The number of carbonyl (C=O) groups is 1. The molecule has 0 radical (unpaired) electrons. The number of amides is 1. The van der Waals surface area contributed by atoms with E-state index in [1.165, 1.54) is 0 Å². The van der Waals surface area contributed by atoms with Gasteiger partial charge in [0.1, 0.15) is 24.2 Å². The molecule has 1 unspecified atom stereocenters. The van der Waals surface area contributed by atoms with E-state index in [1.807, 2.05) is 25.4 Å². The summed E-state index contributed by atoms with van der Waals surface area (Å²) in [7, 11) is 2.01. The fourth-order valence-electron chi connectivity index (χ4n) is 3.26. The number of likely N-dealkylation sites (tertiary alicyclic amines) is 1. The minimum absolute atomic E-state index is 0.0552. The van der Waals surface area contributed by atoms with Crippen molar-refractivity contribution in [2.24, 2.45) is 5.92 Å². The average Bonchev–Trinajstić information content (AvgIpc) is 3.03. The van der Waals surface area contributed by atoms with Gasteiger partial charge in [-0.15, -0.1) is 0 Å². The summed E-state index contributed by atoms with van der Waals surface area (Å²) in [6.07, 6.45) is 4.27. The highest BCUT2D eigenvalue weighted by atomic mass is 16.2. The van der Waals surface area contributed by atoms with E-state index in [-0.39, 0.29) is 18.4 Å². The molecule has 120 valence electrons. The van der Waals surface area contributed by atoms with Crippen molar-refractivity contribution >= 4 is 22.8 Å². The molecule has 0 saturated carbocycles. The first kappa shape index (κ1) is 15.3. The third-order valence-electron chi connectivity index (χ3n) is 4.67. The van der Waals surface area contributed by atoms with E-state index in [1.54, 1.807) is 11.2 Å². The van der Waals surface area contributed by atoms with E-state index in [0.29, 0.717) is 12.5 Å². The Kier molecular flexibility index (Phi) is 4.15. The first-order valence-corrected chi connectivity index (χ1v) is 7.77. The molecule has 0 aliphatic carbocycles. The van der Waals surface area contributed by atoms with E-state index in [9.17, 15) is 4.79 Å². The lowest BCUT2D eigenvalue weighted by Crippen LogP contribution is -2.52. The van der Waals surface area contributed by atoms with Crippen molar-refractivity contribution in [3.05, 3.63) is 18.6 Å². The Morgan fingerprint density at radius 1 is 1.57 bits per heavy atom. The Bertz CT molecular complexity index is 748. The lowest BCUT2D eigenvalue weighted by molar-refractivity contribution is -0.131. The van der Waals surface area contributed by atoms with Gasteiger partial charge in [-0.1, -0.05) is 6.92 Å². The normalized spacial score (nSPS) is 21.2. The predicted octanol–water partition coefficient (Wildman–Crippen LogP) is 1.54. The molecule has 1 aliphatic heterocycles. The number of carbonyl (C=O) groups excluding carboxylic acids is 1. The maximum absolute atomic E-state index is 12.0. The SMILES string of the molecule is CC1CCN(C(=O)CC#N)C[C@@H]1N(C)c1ncnc2[nH]ccc12. The van der Waals surface area contributed by atoms with Gasteiger partial charge in [-0.05, 0) is 18.4 Å². The van der Waals surface area contributed by atoms with Gasteiger partial charge in [0.2, 0.25) is 5.91 Å². The molecule has 1 aliphatic rings. The highest BCUT2D eigenvalue weighted by molar-refractivity contribution is 5.87. The van der Waals surface area contributed by atoms with Crippen molar-refractivity contribution in [2.45, 2.75) is 25.8 Å². The van der Waals surface area contributed by atoms with Gasteiger partial charge in [0.15, 0.2) is 0 Å². The van der Waals surface area contributed by atoms with E-state index < -0.39 is 0 Å². The Morgan fingerprint density at radius 2 is 2.39 bits per heavy atom. The number of likely N-dealkylation sites (N-methyl/N-ethyl adjacent to an activating group) is 1. The maximum atomic E-state index is 12.0. The van der Waals surface area contributed by atoms with Crippen LogP contribution in [0.2, 0.25) is 0 Å². The van der Waals surface area contributed by atoms with Crippen LogP contribution in [0.4, 0.5) is 5.82 Å². The van der Waals surface area contributed by atoms with Crippen molar-refractivity contribution in [1.29, 1.82) is 5.26 Å². The topological polar surface area (TPSA) is 88.9 Å². The summed E-state index contributed by atoms with van der Waals surface area (Å²) >= 11 is 0. The van der Waals surface area contributed by atoms with Crippen molar-refractivity contribution < 1.29 is 4.79 Å². The summed E-state index contributed by atoms with van der Waals surface area (Å²) in [5, 5.41) is 9.71. The largest absolute Gasteiger partial charge is 0.354 e. The van der Waals surface area contributed by atoms with E-state index in [2.05, 4.69) is 26.8 Å². The van der Waals surface area contributed by atoms with Gasteiger partial charge in [-0.3, -0.25) is 4.79 Å². The van der Waals surface area contributed by atoms with Crippen molar-refractivity contribution in [1.82, 2.24) is 19.9 Å². The van der Waals surface area contributed by atoms with Gasteiger partial charge in [0.05, 0.1) is 17.5 Å². The number of nitrogens with one attached hydrogen (secondary N) is 1. The number of H-pyrrole nitrogens is 1. The predicted molar refractivity (Wildman–Crippen MR) is 86.7 cm³/mol. The summed E-state index contributed by atoms with van der Waals surface area (Å²) in [6, 6.07) is 4.07. The molecule has 1 amide bonds. The molecule has 3 heterocycles. The molecule has 2 aromatic rings. The summed E-state index contributed by atoms with van der Waals surface area (Å²) in [5.41, 5.74) is 0.808. The zero-order valence-corrected chi connectivity index (χ0v) is 13.4. The third kappa shape index (κ3) is 2.84. The number of hydrogen-bond acceptors (Lipinski definition) is 5. The Balaban J connectivity index is 1.85. The molecule has 1 fully saturated rings. The van der Waals surface area contributed by atoms with Crippen LogP contribution >= 0.6 is 0 Å². The second-order valence-electron chi connectivity index (χ2n) is 6.06. The fraction of sp³-hybridized carbons (Fsp3) is 0.500. The number of hydrogen-bond donors (Lipinski definition) is 1. The zero-order valence-electron chi connectivity index (χ0n) is 13.4. The Hall–Kier alpha value is -2.62. The molecule has 0 bridgehead atoms. The molecule has 2 aromatic heterocycles. The Morgan fingerprint density at radius 3 is 3.17 bits per heavy atom. The number of aromatic amines is 1. The van der Waals surface area contributed by atoms with Crippen LogP contribution in [0.15, 0.2) is 18.6 Å². The number of rotatable bonds is 3. The van der Waals surface area contributed by atoms with Crippen LogP contribution in [0, 0.1) is 17.2 Å². The van der Waals surface area contributed by atoms with E-state index in [0.717, 1.165) is 29.8 Å². The number of aromatic nitrogens is 3. The molecule has 0 aromatic carbocycles. The lowest BCUT2D eigenvalue weighted by Gasteiger charge is -2.42. The highest BCUT2D eigenvalue weighted by Crippen LogP contribution is 2.28. The van der Waals surface area contributed by atoms with Crippen molar-refractivity contribution in [3.63, 3.8) is 0 Å². The molecule has 7 nitrogen and oxygen atoms in total. The molecule has 23 heavy (non-hydrogen) atoms. The van der Waals surface area contributed by atoms with Crippen LogP contribution in [0.25, 0.3) is 11.0 Å². The number of nitriles is 1. The van der Waals surface area contributed by atoms with Crippen LogP contribution in [0.1, 0.15) is 19.8 Å². The van der Waals surface area contributed by atoms with Crippen LogP contribution in [0.3, 0.4) is 0 Å². The third-order valence-corrected chi connectivity index (χ3v) is 4.67. The van der Waals surface area contributed by atoms with Crippen LogP contribution in [-0.2, 0) is 4.79 Å². The summed E-state index contributed by atoms with van der Waals surface area (Å²) < 4.78 is 0. The van der Waals surface area contributed by atoms with Gasteiger partial charge >= 0.3 is 0 Å². The molecule has 1 N–H and O–H groups in total. The molecule has 2 atom stereocenters. The van der Waals surface area contributed by atoms with Crippen LogP contribution in [0.5, 0.6) is 0 Å². The first-order valence-electron chi connectivity index (χ1n) is 7.77. The molecular weight excluding hydrogens is 292 g/mol. The number of nitrogens with zero attached hydrogens (tertiary/aromatic N) is 5. The van der Waals surface area contributed by atoms with Gasteiger partial charge in [0, 0.05) is 26.3 Å². The van der Waals surface area contributed by atoms with E-state index >= 15 is 0 Å². The van der Waals surface area contributed by atoms with Gasteiger partial charge in [0.25, 0.3) is 0 Å². The smallest absolute Gasteiger partial charge is 0.236 e. The number of fused-ring (bicyclic) bond motifs is 1. The van der Waals surface area contributed by atoms with Gasteiger partial charge in [-0.25, -0.2) is 9.97 Å². The molecule has 0 spiro atoms. The summed E-state index contributed by atoms with van der Waals surface area (Å²) in [5.74, 6) is 1.21. The minimum Gasteiger partial charge on any atom is -0.354 e. The quantitative estimate of drug-likeness (QED) is 0.928. The molecule has 1 saturated heterocycles. The second-order valence-corrected chi connectivity index (χ2v) is 6.06. The monoisotopic (exact) mass is 312 g/mol. The van der Waals surface area contributed by atoms with E-state index in [4.69, 9.17) is 5.26 Å². The fourth-order valence-corrected chi connectivity index (χ4v) is 3.26. The zero-order chi connectivity index (χ0) is 16.4. The standard InChI is InChI=1S/C16H20N6O/c1-11-5-8-22(14(23)3-6-17)9-13(11)21(2)16-12-4-7-18-15(12)19-10-20-16/h4,7,10-11,13H,3,5,8-9H2,1-2H3,(H,18,19,20)/t11?,13-/m0/s1. The lowest BCUT2D eigenvalue weighted by atomic mass is 9.92. The average molecular weight is 312 g/mol. The van der Waals surface area contributed by atoms with Crippen LogP contribution in [-0.4, -0.2) is 51.9 Å². The second kappa shape index (κ2) is 6.24. The van der Waals surface area contributed by atoms with Crippen LogP contribution < -0.4 is 4.90 Å². The Labute approximate surface area is 134 Å². The van der Waals surface area contributed by atoms with Crippen molar-refractivity contribution in [2.75, 3.05) is 25.0 Å². The highest BCUT2D eigenvalue weighted by Gasteiger charge is 2.32. The number of piperidine rings is 1. The molecular formula is C16H20N6O. The van der Waals surface area contributed by atoms with Crippen molar-refractivity contribution in [3.8, 4) is 6.07 Å². The summed E-state index contributed by atoms with van der Waals surface area (Å²) in [4.78, 5) is 27.7. The number of anilines is 1. The minimum atomic E-state index is -0.0905. The first-order chi connectivity index (χ1) is 11.1. The summed E-state index contributed by atoms with van der Waals surface area (Å²) in [6.45, 7) is 3.53. The van der Waals surface area contributed by atoms with Gasteiger partial charge in [-0.2, -0.15) is 5.26 Å². The molecule has 7 heteroatoms. The van der Waals surface area contributed by atoms with Gasteiger partial charge < -0.3 is 14.8 Å².